The highest BCUT2D eigenvalue weighted by Crippen LogP contribution is 2.34. The van der Waals surface area contributed by atoms with Crippen LogP contribution < -0.4 is 5.32 Å². The van der Waals surface area contributed by atoms with Gasteiger partial charge in [-0.25, -0.2) is 0 Å². The third-order valence-corrected chi connectivity index (χ3v) is 3.91. The number of nitrogens with zero attached hydrogens (tertiary/aromatic N) is 1. The van der Waals surface area contributed by atoms with Crippen LogP contribution in [-0.4, -0.2) is 16.8 Å². The minimum absolute atomic E-state index is 0.0879. The van der Waals surface area contributed by atoms with E-state index in [0.29, 0.717) is 0 Å². The summed E-state index contributed by atoms with van der Waals surface area (Å²) in [5.74, 6) is 0.0879. The van der Waals surface area contributed by atoms with Crippen molar-refractivity contribution in [2.24, 2.45) is 0 Å². The Morgan fingerprint density at radius 1 is 1.05 bits per heavy atom. The number of carbonyl (C=O) groups excluding carboxylic acids is 1. The predicted molar refractivity (Wildman–Crippen MR) is 85.3 cm³/mol. The highest BCUT2D eigenvalue weighted by molar-refractivity contribution is 6.01. The average molecular weight is 280 g/mol. The van der Waals surface area contributed by atoms with Gasteiger partial charge in [0.2, 0.25) is 0 Å². The number of carbonyl (C=O) groups is 1. The second-order valence-electron chi connectivity index (χ2n) is 5.81. The summed E-state index contributed by atoms with van der Waals surface area (Å²) in [5.41, 5.74) is 3.98. The fraction of sp³-hybridized carbons (Fsp3) is 0.278. The van der Waals surface area contributed by atoms with E-state index < -0.39 is 0 Å². The van der Waals surface area contributed by atoms with Crippen molar-refractivity contribution in [1.29, 1.82) is 0 Å². The number of fused-ring (bicyclic) bond motifs is 1. The number of para-hydroxylation sites is 1. The summed E-state index contributed by atoms with van der Waals surface area (Å²) in [6.45, 7) is 6.17. The molecule has 1 unspecified atom stereocenters. The monoisotopic (exact) mass is 280 g/mol. The number of hydrogen-bond acceptors (Lipinski definition) is 2. The molecule has 1 heterocycles. The molecular weight excluding hydrogens is 260 g/mol. The van der Waals surface area contributed by atoms with E-state index in [1.165, 1.54) is 5.56 Å². The van der Waals surface area contributed by atoms with E-state index in [-0.39, 0.29) is 18.1 Å². The molecule has 0 saturated heterocycles. The highest BCUT2D eigenvalue weighted by Gasteiger charge is 2.34. The molecule has 0 spiro atoms. The lowest BCUT2D eigenvalue weighted by Crippen LogP contribution is -2.46. The van der Waals surface area contributed by atoms with E-state index in [9.17, 15) is 4.79 Å². The summed E-state index contributed by atoms with van der Waals surface area (Å²) < 4.78 is 0. The maximum atomic E-state index is 12.8. The Morgan fingerprint density at radius 3 is 2.38 bits per heavy atom. The van der Waals surface area contributed by atoms with E-state index in [2.05, 4.69) is 50.4 Å². The van der Waals surface area contributed by atoms with Crippen molar-refractivity contribution in [2.45, 2.75) is 33.0 Å². The molecule has 2 aromatic carbocycles. The van der Waals surface area contributed by atoms with Gasteiger partial charge in [-0.1, -0.05) is 42.0 Å². The number of nitrogens with one attached hydrogen (secondary N) is 1. The molecule has 3 nitrogen and oxygen atoms in total. The number of hydrogen-bond donors (Lipinski definition) is 1. The van der Waals surface area contributed by atoms with Gasteiger partial charge in [0.05, 0.1) is 5.56 Å². The van der Waals surface area contributed by atoms with Crippen molar-refractivity contribution in [3.8, 4) is 0 Å². The maximum Gasteiger partial charge on any atom is 0.258 e. The third-order valence-electron chi connectivity index (χ3n) is 3.91. The molecule has 1 aliphatic rings. The largest absolute Gasteiger partial charge is 0.361 e. The van der Waals surface area contributed by atoms with E-state index in [4.69, 9.17) is 0 Å². The van der Waals surface area contributed by atoms with Gasteiger partial charge in [0, 0.05) is 11.7 Å². The van der Waals surface area contributed by atoms with Crippen LogP contribution in [0.3, 0.4) is 0 Å². The van der Waals surface area contributed by atoms with Gasteiger partial charge in [0.15, 0.2) is 0 Å². The van der Waals surface area contributed by atoms with Crippen LogP contribution in [0, 0.1) is 6.92 Å². The van der Waals surface area contributed by atoms with Crippen LogP contribution in [0.25, 0.3) is 0 Å². The molecule has 3 heteroatoms. The summed E-state index contributed by atoms with van der Waals surface area (Å²) in [7, 11) is 0. The summed E-state index contributed by atoms with van der Waals surface area (Å²) in [5, 5.41) is 3.50. The Morgan fingerprint density at radius 2 is 1.71 bits per heavy atom. The van der Waals surface area contributed by atoms with Gasteiger partial charge in [-0.05, 0) is 38.5 Å². The minimum atomic E-state index is -0.118. The van der Waals surface area contributed by atoms with Crippen molar-refractivity contribution in [1.82, 2.24) is 4.90 Å². The first-order chi connectivity index (χ1) is 10.1. The SMILES string of the molecule is Cc1ccc(C2Nc3ccccc3C(=O)N2C(C)C)cc1. The fourth-order valence-electron chi connectivity index (χ4n) is 2.79. The van der Waals surface area contributed by atoms with E-state index in [1.807, 2.05) is 29.2 Å². The number of rotatable bonds is 2. The van der Waals surface area contributed by atoms with Crippen LogP contribution >= 0.6 is 0 Å². The topological polar surface area (TPSA) is 32.3 Å². The molecule has 108 valence electrons. The number of amides is 1. The first-order valence-electron chi connectivity index (χ1n) is 7.32. The van der Waals surface area contributed by atoms with Gasteiger partial charge in [-0.3, -0.25) is 4.79 Å². The molecule has 1 N–H and O–H groups in total. The van der Waals surface area contributed by atoms with Crippen LogP contribution in [0.4, 0.5) is 5.69 Å². The molecule has 2 aromatic rings. The zero-order valence-electron chi connectivity index (χ0n) is 12.6. The van der Waals surface area contributed by atoms with Gasteiger partial charge in [-0.2, -0.15) is 0 Å². The normalized spacial score (nSPS) is 17.6. The lowest BCUT2D eigenvalue weighted by molar-refractivity contribution is 0.0617. The molecular formula is C18H20N2O. The fourth-order valence-corrected chi connectivity index (χ4v) is 2.79. The quantitative estimate of drug-likeness (QED) is 0.902. The molecule has 1 amide bonds. The molecule has 0 aromatic heterocycles. The van der Waals surface area contributed by atoms with E-state index in [0.717, 1.165) is 16.8 Å². The summed E-state index contributed by atoms with van der Waals surface area (Å²) in [6, 6.07) is 16.2. The number of aryl methyl sites for hydroxylation is 1. The van der Waals surface area contributed by atoms with Gasteiger partial charge in [0.25, 0.3) is 5.91 Å². The molecule has 21 heavy (non-hydrogen) atoms. The van der Waals surface area contributed by atoms with Gasteiger partial charge in [-0.15, -0.1) is 0 Å². The summed E-state index contributed by atoms with van der Waals surface area (Å²) >= 11 is 0. The van der Waals surface area contributed by atoms with Crippen LogP contribution in [-0.2, 0) is 0 Å². The van der Waals surface area contributed by atoms with E-state index in [1.54, 1.807) is 0 Å². The van der Waals surface area contributed by atoms with Gasteiger partial charge >= 0.3 is 0 Å². The first-order valence-corrected chi connectivity index (χ1v) is 7.32. The average Bonchev–Trinajstić information content (AvgIpc) is 2.47. The maximum absolute atomic E-state index is 12.8. The second kappa shape index (κ2) is 5.24. The van der Waals surface area contributed by atoms with Crippen molar-refractivity contribution >= 4 is 11.6 Å². The predicted octanol–water partition coefficient (Wildman–Crippen LogP) is 3.97. The second-order valence-corrected chi connectivity index (χ2v) is 5.81. The number of anilines is 1. The molecule has 1 atom stereocenters. The molecule has 0 saturated carbocycles. The van der Waals surface area contributed by atoms with Gasteiger partial charge < -0.3 is 10.2 Å². The van der Waals surface area contributed by atoms with Crippen LogP contribution in [0.1, 0.15) is 41.5 Å². The van der Waals surface area contributed by atoms with E-state index >= 15 is 0 Å². The Balaban J connectivity index is 2.07. The smallest absolute Gasteiger partial charge is 0.258 e. The minimum Gasteiger partial charge on any atom is -0.361 e. The molecule has 3 rings (SSSR count). The Hall–Kier alpha value is -2.29. The zero-order chi connectivity index (χ0) is 15.0. The van der Waals surface area contributed by atoms with Crippen molar-refractivity contribution < 1.29 is 4.79 Å². The Bertz CT molecular complexity index is 661. The molecule has 0 fully saturated rings. The first kappa shape index (κ1) is 13.7. The molecule has 1 aliphatic heterocycles. The Labute approximate surface area is 125 Å². The van der Waals surface area contributed by atoms with Crippen LogP contribution in [0.15, 0.2) is 48.5 Å². The highest BCUT2D eigenvalue weighted by atomic mass is 16.2. The van der Waals surface area contributed by atoms with Crippen molar-refractivity contribution in [2.75, 3.05) is 5.32 Å². The molecule has 0 radical (unpaired) electrons. The van der Waals surface area contributed by atoms with Gasteiger partial charge in [0.1, 0.15) is 6.17 Å². The lowest BCUT2D eigenvalue weighted by atomic mass is 10.0. The van der Waals surface area contributed by atoms with Crippen LogP contribution in [0.2, 0.25) is 0 Å². The molecule has 0 bridgehead atoms. The molecule has 0 aliphatic carbocycles. The number of benzene rings is 2. The lowest BCUT2D eigenvalue weighted by Gasteiger charge is -2.40. The van der Waals surface area contributed by atoms with Crippen molar-refractivity contribution in [3.63, 3.8) is 0 Å². The zero-order valence-corrected chi connectivity index (χ0v) is 12.6. The van der Waals surface area contributed by atoms with Crippen molar-refractivity contribution in [3.05, 3.63) is 65.2 Å². The van der Waals surface area contributed by atoms with Crippen LogP contribution in [0.5, 0.6) is 0 Å². The Kier molecular flexibility index (Phi) is 3.42. The third kappa shape index (κ3) is 2.40. The summed E-state index contributed by atoms with van der Waals surface area (Å²) in [6.07, 6.45) is -0.118. The standard InChI is InChI=1S/C18H20N2O/c1-12(2)20-17(14-10-8-13(3)9-11-14)19-16-7-5-4-6-15(16)18(20)21/h4-12,17,19H,1-3H3. The summed E-state index contributed by atoms with van der Waals surface area (Å²) in [4.78, 5) is 14.7.